The molecule has 2 fully saturated rings. The second-order valence-corrected chi connectivity index (χ2v) is 23.6. The molecule has 82 heavy (non-hydrogen) atoms. The maximum Gasteiger partial charge on any atom is 0.220 e. The van der Waals surface area contributed by atoms with Crippen molar-refractivity contribution in [1.29, 1.82) is 0 Å². The van der Waals surface area contributed by atoms with Gasteiger partial charge in [0.05, 0.1) is 32.0 Å². The highest BCUT2D eigenvalue weighted by atomic mass is 16.7. The molecule has 2 aliphatic rings. The first kappa shape index (κ1) is 75.8. The molecule has 1 amide bonds. The molecule has 12 unspecified atom stereocenters. The smallest absolute Gasteiger partial charge is 0.220 e. The molecule has 0 aromatic heterocycles. The van der Waals surface area contributed by atoms with Crippen LogP contribution < -0.4 is 5.32 Å². The number of carbonyl (C=O) groups is 1. The average molecular weight is 1160 g/mol. The number of rotatable bonds is 54. The first-order valence-electron chi connectivity index (χ1n) is 33.5. The van der Waals surface area contributed by atoms with Gasteiger partial charge in [0.25, 0.3) is 0 Å². The minimum absolute atomic E-state index is 0.252. The molecule has 478 valence electrons. The Balaban J connectivity index is 1.67. The van der Waals surface area contributed by atoms with Crippen LogP contribution in [0.5, 0.6) is 0 Å². The van der Waals surface area contributed by atoms with Crippen LogP contribution in [0.1, 0.15) is 271 Å². The Hall–Kier alpha value is -2.31. The van der Waals surface area contributed by atoms with Crippen LogP contribution in [0.4, 0.5) is 0 Å². The molecule has 0 saturated carbocycles. The predicted octanol–water partition coefficient (Wildman–Crippen LogP) is 12.9. The number of amides is 1. The van der Waals surface area contributed by atoms with Crippen LogP contribution in [-0.4, -0.2) is 140 Å². The van der Waals surface area contributed by atoms with E-state index in [2.05, 4.69) is 67.8 Å². The lowest BCUT2D eigenvalue weighted by molar-refractivity contribution is -0.359. The Morgan fingerprint density at radius 1 is 0.451 bits per heavy atom. The highest BCUT2D eigenvalue weighted by Gasteiger charge is 2.51. The first-order chi connectivity index (χ1) is 40.1. The zero-order valence-electron chi connectivity index (χ0n) is 51.7. The lowest BCUT2D eigenvalue weighted by atomic mass is 9.97. The average Bonchev–Trinajstić information content (AvgIpc) is 3.53. The number of allylic oxidation sites excluding steroid dienone is 9. The van der Waals surface area contributed by atoms with Gasteiger partial charge in [-0.1, -0.05) is 261 Å². The lowest BCUT2D eigenvalue weighted by Crippen LogP contribution is -2.65. The van der Waals surface area contributed by atoms with E-state index in [-0.39, 0.29) is 18.9 Å². The van der Waals surface area contributed by atoms with E-state index in [1.165, 1.54) is 173 Å². The third-order valence-electron chi connectivity index (χ3n) is 16.2. The molecular formula is C68H123NO13. The van der Waals surface area contributed by atoms with Crippen LogP contribution in [0.15, 0.2) is 60.8 Å². The number of hydrogen-bond acceptors (Lipinski definition) is 13. The van der Waals surface area contributed by atoms with Gasteiger partial charge in [-0.25, -0.2) is 0 Å². The van der Waals surface area contributed by atoms with Gasteiger partial charge in [-0.05, 0) is 64.2 Å². The van der Waals surface area contributed by atoms with Crippen LogP contribution in [0.2, 0.25) is 0 Å². The molecule has 0 aromatic carbocycles. The second kappa shape index (κ2) is 53.0. The van der Waals surface area contributed by atoms with Crippen LogP contribution in [0.3, 0.4) is 0 Å². The van der Waals surface area contributed by atoms with Gasteiger partial charge in [0, 0.05) is 6.42 Å². The summed E-state index contributed by atoms with van der Waals surface area (Å²) in [6.45, 7) is 2.67. The maximum atomic E-state index is 13.2. The molecule has 2 heterocycles. The number of hydrogen-bond donors (Lipinski definition) is 9. The quantitative estimate of drug-likeness (QED) is 0.0204. The van der Waals surface area contributed by atoms with Gasteiger partial charge in [0.15, 0.2) is 12.6 Å². The number of unbranched alkanes of at least 4 members (excludes halogenated alkanes) is 33. The molecule has 0 radical (unpaired) electrons. The van der Waals surface area contributed by atoms with E-state index in [4.69, 9.17) is 18.9 Å². The summed E-state index contributed by atoms with van der Waals surface area (Å²) in [6, 6.07) is -0.944. The van der Waals surface area contributed by atoms with Gasteiger partial charge in [0.1, 0.15) is 48.8 Å². The van der Waals surface area contributed by atoms with Gasteiger partial charge >= 0.3 is 0 Å². The largest absolute Gasteiger partial charge is 0.394 e. The molecule has 2 rings (SSSR count). The van der Waals surface area contributed by atoms with Crippen LogP contribution in [0, 0.1) is 0 Å². The summed E-state index contributed by atoms with van der Waals surface area (Å²) in [5.41, 5.74) is 0. The predicted molar refractivity (Wildman–Crippen MR) is 332 cm³/mol. The minimum Gasteiger partial charge on any atom is -0.394 e. The van der Waals surface area contributed by atoms with Gasteiger partial charge in [-0.2, -0.15) is 0 Å². The molecule has 2 aliphatic heterocycles. The summed E-state index contributed by atoms with van der Waals surface area (Å²) in [6.07, 6.45) is 53.0. The van der Waals surface area contributed by atoms with Crippen LogP contribution >= 0.6 is 0 Å². The zero-order valence-corrected chi connectivity index (χ0v) is 51.7. The van der Waals surface area contributed by atoms with E-state index in [0.717, 1.165) is 64.2 Å². The highest BCUT2D eigenvalue weighted by Crippen LogP contribution is 2.30. The van der Waals surface area contributed by atoms with Crippen LogP contribution in [0.25, 0.3) is 0 Å². The van der Waals surface area contributed by atoms with E-state index >= 15 is 0 Å². The topological polar surface area (TPSA) is 228 Å². The van der Waals surface area contributed by atoms with Crippen molar-refractivity contribution in [2.24, 2.45) is 0 Å². The Morgan fingerprint density at radius 3 is 1.34 bits per heavy atom. The Kier molecular flexibility index (Phi) is 49.0. The second-order valence-electron chi connectivity index (χ2n) is 23.6. The SMILES string of the molecule is CC/C=C\C/C=C\C/C=C\CCCCCCCC(=O)NC(COC1OC(CO)C(OC2OC(CO)C(O)C(O)C2O)C(O)C1O)C(O)/C=C/CC/C=C/CCCCCCCCCCCCCCCCCCCCCCCCCCCCC. The Morgan fingerprint density at radius 2 is 0.854 bits per heavy atom. The summed E-state index contributed by atoms with van der Waals surface area (Å²) < 4.78 is 22.8. The minimum atomic E-state index is -1.80. The van der Waals surface area contributed by atoms with Gasteiger partial charge in [0.2, 0.25) is 5.91 Å². The molecule has 2 saturated heterocycles. The van der Waals surface area contributed by atoms with Gasteiger partial charge in [-0.3, -0.25) is 4.79 Å². The van der Waals surface area contributed by atoms with Gasteiger partial charge < -0.3 is 65.1 Å². The van der Waals surface area contributed by atoms with E-state index in [1.54, 1.807) is 6.08 Å². The van der Waals surface area contributed by atoms with E-state index in [0.29, 0.717) is 12.8 Å². The molecular weight excluding hydrogens is 1040 g/mol. The van der Waals surface area contributed by atoms with E-state index < -0.39 is 86.8 Å². The highest BCUT2D eigenvalue weighted by molar-refractivity contribution is 5.76. The maximum absolute atomic E-state index is 13.2. The zero-order chi connectivity index (χ0) is 59.5. The standard InChI is InChI=1S/C68H123NO13/c1-3-5-7-9-11-13-15-17-19-20-21-22-23-24-25-26-27-28-29-30-31-32-33-34-35-36-38-39-41-43-45-47-49-51-57(72)56(69-60(73)52-50-48-46-44-42-40-37-18-16-14-12-10-8-6-4-2)55-79-67-65(78)63(76)66(59(54-71)81-67)82-68-64(77)62(75)61(74)58(53-70)80-68/h6,8,12,14,18,37,41,43,49,51,56-59,61-68,70-72,74-78H,3-5,7,9-11,13,15-17,19-36,38-40,42,44-48,50,52-55H2,1-2H3,(H,69,73)/b8-6-,14-12-,37-18-,43-41+,51-49+. The third-order valence-corrected chi connectivity index (χ3v) is 16.2. The molecule has 0 aliphatic carbocycles. The fourth-order valence-corrected chi connectivity index (χ4v) is 10.9. The van der Waals surface area contributed by atoms with Crippen molar-refractivity contribution in [3.05, 3.63) is 60.8 Å². The number of aliphatic hydroxyl groups excluding tert-OH is 8. The van der Waals surface area contributed by atoms with Crippen molar-refractivity contribution < 1.29 is 64.6 Å². The van der Waals surface area contributed by atoms with E-state index in [1.807, 2.05) is 6.08 Å². The first-order valence-corrected chi connectivity index (χ1v) is 33.5. The van der Waals surface area contributed by atoms with Crippen LogP contribution in [-0.2, 0) is 23.7 Å². The molecule has 0 aromatic rings. The summed E-state index contributed by atoms with van der Waals surface area (Å²) in [5, 5.41) is 87.2. The van der Waals surface area contributed by atoms with Crippen molar-refractivity contribution in [3.63, 3.8) is 0 Å². The number of carbonyl (C=O) groups excluding carboxylic acids is 1. The number of ether oxygens (including phenoxy) is 4. The van der Waals surface area contributed by atoms with E-state index in [9.17, 15) is 45.6 Å². The molecule has 0 spiro atoms. The third kappa shape index (κ3) is 37.3. The summed E-state index contributed by atoms with van der Waals surface area (Å²) in [4.78, 5) is 13.2. The van der Waals surface area contributed by atoms with Crippen molar-refractivity contribution in [2.75, 3.05) is 19.8 Å². The number of nitrogens with one attached hydrogen (secondary N) is 1. The summed E-state index contributed by atoms with van der Waals surface area (Å²) >= 11 is 0. The van der Waals surface area contributed by atoms with Crippen molar-refractivity contribution in [2.45, 2.75) is 344 Å². The monoisotopic (exact) mass is 1160 g/mol. The summed E-state index contributed by atoms with van der Waals surface area (Å²) in [5.74, 6) is -0.266. The molecule has 12 atom stereocenters. The number of aliphatic hydroxyl groups is 8. The van der Waals surface area contributed by atoms with Gasteiger partial charge in [-0.15, -0.1) is 0 Å². The fourth-order valence-electron chi connectivity index (χ4n) is 10.9. The fraction of sp³-hybridized carbons (Fsp3) is 0.838. The van der Waals surface area contributed by atoms with Crippen molar-refractivity contribution >= 4 is 5.91 Å². The lowest BCUT2D eigenvalue weighted by Gasteiger charge is -2.46. The normalized spacial score (nSPS) is 24.3. The Labute approximate surface area is 498 Å². The molecule has 14 heteroatoms. The van der Waals surface area contributed by atoms with Crippen molar-refractivity contribution in [3.8, 4) is 0 Å². The summed E-state index contributed by atoms with van der Waals surface area (Å²) in [7, 11) is 0. The molecule has 14 nitrogen and oxygen atoms in total. The molecule has 9 N–H and O–H groups in total. The van der Waals surface area contributed by atoms with Crippen molar-refractivity contribution in [1.82, 2.24) is 5.32 Å². The molecule has 0 bridgehead atoms. The Bertz CT molecular complexity index is 1610.